The fourth-order valence-electron chi connectivity index (χ4n) is 0.861. The van der Waals surface area contributed by atoms with Gasteiger partial charge in [0.05, 0.1) is 0 Å². The lowest BCUT2D eigenvalue weighted by Crippen LogP contribution is -2.42. The Morgan fingerprint density at radius 3 is 2.82 bits per heavy atom. The van der Waals surface area contributed by atoms with Crippen LogP contribution >= 0.6 is 0 Å². The maximum Gasteiger partial charge on any atom is 0.296 e. The average molecular weight is 157 g/mol. The fourth-order valence-corrected chi connectivity index (χ4v) is 0.861. The van der Waals surface area contributed by atoms with Gasteiger partial charge in [0.25, 0.3) is 12.2 Å². The van der Waals surface area contributed by atoms with E-state index in [-0.39, 0.29) is 6.04 Å². The van der Waals surface area contributed by atoms with Gasteiger partial charge in [-0.2, -0.15) is 0 Å². The Balaban J connectivity index is 2.73. The van der Waals surface area contributed by atoms with E-state index in [2.05, 4.69) is 4.74 Å². The van der Waals surface area contributed by atoms with Crippen LogP contribution in [0.15, 0.2) is 12.5 Å². The van der Waals surface area contributed by atoms with Gasteiger partial charge in [0.2, 0.25) is 0 Å². The monoisotopic (exact) mass is 157 g/mol. The average Bonchev–Trinajstić information content (AvgIpc) is 1.94. The van der Waals surface area contributed by atoms with Crippen molar-refractivity contribution in [3.8, 4) is 0 Å². The summed E-state index contributed by atoms with van der Waals surface area (Å²) in [5.74, 6) is -0.414. The Bertz CT molecular complexity index is 188. The predicted octanol–water partition coefficient (Wildman–Crippen LogP) is 0.0432. The van der Waals surface area contributed by atoms with Crippen LogP contribution in [0.2, 0.25) is 0 Å². The number of carbonyl (C=O) groups is 1. The molecule has 11 heavy (non-hydrogen) atoms. The van der Waals surface area contributed by atoms with Gasteiger partial charge in [-0.15, -0.1) is 0 Å². The first kappa shape index (κ1) is 8.07. The van der Waals surface area contributed by atoms with E-state index in [4.69, 9.17) is 5.11 Å². The maximum absolute atomic E-state index is 11.1. The number of aliphatic hydroxyl groups excluding tert-OH is 1. The van der Waals surface area contributed by atoms with E-state index in [1.807, 2.05) is 13.8 Å². The third-order valence-corrected chi connectivity index (χ3v) is 1.45. The highest BCUT2D eigenvalue weighted by atomic mass is 16.6. The van der Waals surface area contributed by atoms with E-state index in [0.717, 1.165) is 0 Å². The summed E-state index contributed by atoms with van der Waals surface area (Å²) in [4.78, 5) is 12.5. The van der Waals surface area contributed by atoms with Crippen LogP contribution in [0.1, 0.15) is 13.8 Å². The van der Waals surface area contributed by atoms with Gasteiger partial charge in [-0.05, 0) is 13.8 Å². The molecule has 0 bridgehead atoms. The standard InChI is InChI=1S/C7H11NO3/c1-5(2)8-3-4-11-7(10)6(8)9/h3-5,7,10H,1-2H3. The number of rotatable bonds is 1. The molecule has 1 atom stereocenters. The first-order valence-electron chi connectivity index (χ1n) is 3.45. The van der Waals surface area contributed by atoms with E-state index >= 15 is 0 Å². The summed E-state index contributed by atoms with van der Waals surface area (Å²) < 4.78 is 4.55. The normalized spacial score (nSPS) is 24.2. The molecule has 1 unspecified atom stereocenters. The van der Waals surface area contributed by atoms with Gasteiger partial charge in [-0.25, -0.2) is 0 Å². The Morgan fingerprint density at radius 1 is 1.73 bits per heavy atom. The van der Waals surface area contributed by atoms with Gasteiger partial charge in [-0.3, -0.25) is 4.79 Å². The molecule has 1 N–H and O–H groups in total. The number of carbonyl (C=O) groups excluding carboxylic acids is 1. The van der Waals surface area contributed by atoms with Crippen molar-refractivity contribution >= 4 is 5.91 Å². The maximum atomic E-state index is 11.1. The number of amides is 1. The quantitative estimate of drug-likeness (QED) is 0.584. The van der Waals surface area contributed by atoms with Gasteiger partial charge in [0, 0.05) is 12.2 Å². The molecule has 0 aromatic heterocycles. The second-order valence-electron chi connectivity index (χ2n) is 2.61. The van der Waals surface area contributed by atoms with Crippen LogP contribution in [0.5, 0.6) is 0 Å². The summed E-state index contributed by atoms with van der Waals surface area (Å²) in [6.07, 6.45) is 1.49. The second kappa shape index (κ2) is 2.92. The Kier molecular flexibility index (Phi) is 2.14. The molecule has 1 heterocycles. The second-order valence-corrected chi connectivity index (χ2v) is 2.61. The van der Waals surface area contributed by atoms with Crippen molar-refractivity contribution in [2.45, 2.75) is 26.2 Å². The molecule has 0 spiro atoms. The summed E-state index contributed by atoms with van der Waals surface area (Å²) in [5, 5.41) is 8.93. The number of aliphatic hydroxyl groups is 1. The van der Waals surface area contributed by atoms with Crippen molar-refractivity contribution in [1.29, 1.82) is 0 Å². The molecule has 1 amide bonds. The molecule has 1 aliphatic heterocycles. The van der Waals surface area contributed by atoms with Crippen LogP contribution in [0.3, 0.4) is 0 Å². The van der Waals surface area contributed by atoms with Gasteiger partial charge in [0.15, 0.2) is 0 Å². The first-order chi connectivity index (χ1) is 5.13. The predicted molar refractivity (Wildman–Crippen MR) is 38.2 cm³/mol. The molecule has 0 aromatic carbocycles. The van der Waals surface area contributed by atoms with Crippen LogP contribution in [-0.2, 0) is 9.53 Å². The topological polar surface area (TPSA) is 49.8 Å². The van der Waals surface area contributed by atoms with E-state index in [0.29, 0.717) is 0 Å². The van der Waals surface area contributed by atoms with Gasteiger partial charge < -0.3 is 14.7 Å². The molecular formula is C7H11NO3. The summed E-state index contributed by atoms with van der Waals surface area (Å²) in [6.45, 7) is 3.72. The lowest BCUT2D eigenvalue weighted by Gasteiger charge is -2.27. The van der Waals surface area contributed by atoms with Crippen molar-refractivity contribution in [3.63, 3.8) is 0 Å². The van der Waals surface area contributed by atoms with Crippen molar-refractivity contribution in [1.82, 2.24) is 4.90 Å². The summed E-state index contributed by atoms with van der Waals surface area (Å²) in [7, 11) is 0. The Morgan fingerprint density at radius 2 is 2.36 bits per heavy atom. The SMILES string of the molecule is CC(C)N1C=COC(O)C1=O. The zero-order chi connectivity index (χ0) is 8.43. The van der Waals surface area contributed by atoms with Crippen LogP contribution in [0.4, 0.5) is 0 Å². The summed E-state index contributed by atoms with van der Waals surface area (Å²) in [5.41, 5.74) is 0. The van der Waals surface area contributed by atoms with Gasteiger partial charge in [0.1, 0.15) is 6.26 Å². The van der Waals surface area contributed by atoms with Crippen molar-refractivity contribution in [2.24, 2.45) is 0 Å². The molecule has 62 valence electrons. The number of hydrogen-bond acceptors (Lipinski definition) is 3. The van der Waals surface area contributed by atoms with Crippen molar-refractivity contribution in [3.05, 3.63) is 12.5 Å². The van der Waals surface area contributed by atoms with Crippen molar-refractivity contribution in [2.75, 3.05) is 0 Å². The highest BCUT2D eigenvalue weighted by Gasteiger charge is 2.26. The van der Waals surface area contributed by atoms with Gasteiger partial charge in [-0.1, -0.05) is 0 Å². The third kappa shape index (κ3) is 1.51. The van der Waals surface area contributed by atoms with E-state index < -0.39 is 12.2 Å². The lowest BCUT2D eigenvalue weighted by atomic mass is 10.3. The molecule has 0 aliphatic carbocycles. The molecular weight excluding hydrogens is 146 g/mol. The molecule has 0 aromatic rings. The molecule has 4 nitrogen and oxygen atoms in total. The highest BCUT2D eigenvalue weighted by Crippen LogP contribution is 2.09. The number of nitrogens with zero attached hydrogens (tertiary/aromatic N) is 1. The molecule has 1 rings (SSSR count). The minimum Gasteiger partial charge on any atom is -0.462 e. The smallest absolute Gasteiger partial charge is 0.296 e. The van der Waals surface area contributed by atoms with Gasteiger partial charge >= 0.3 is 0 Å². The summed E-state index contributed by atoms with van der Waals surface area (Å²) in [6, 6.07) is 0.0531. The number of ether oxygens (including phenoxy) is 1. The molecule has 0 saturated carbocycles. The van der Waals surface area contributed by atoms with Crippen LogP contribution < -0.4 is 0 Å². The molecule has 0 radical (unpaired) electrons. The van der Waals surface area contributed by atoms with Crippen LogP contribution in [-0.4, -0.2) is 28.2 Å². The minimum atomic E-state index is -1.33. The van der Waals surface area contributed by atoms with E-state index in [1.165, 1.54) is 17.4 Å². The lowest BCUT2D eigenvalue weighted by molar-refractivity contribution is -0.163. The van der Waals surface area contributed by atoms with Crippen molar-refractivity contribution < 1.29 is 14.6 Å². The molecule has 0 fully saturated rings. The van der Waals surface area contributed by atoms with Crippen LogP contribution in [0.25, 0.3) is 0 Å². The highest BCUT2D eigenvalue weighted by molar-refractivity contribution is 5.81. The van der Waals surface area contributed by atoms with E-state index in [1.54, 1.807) is 0 Å². The van der Waals surface area contributed by atoms with Crippen LogP contribution in [0, 0.1) is 0 Å². The molecule has 0 saturated heterocycles. The molecule has 4 heteroatoms. The fraction of sp³-hybridized carbons (Fsp3) is 0.571. The van der Waals surface area contributed by atoms with E-state index in [9.17, 15) is 4.79 Å². The Labute approximate surface area is 65.1 Å². The minimum absolute atomic E-state index is 0.0531. The zero-order valence-electron chi connectivity index (χ0n) is 6.52. The largest absolute Gasteiger partial charge is 0.462 e. The Hall–Kier alpha value is -1.03. The summed E-state index contributed by atoms with van der Waals surface area (Å²) >= 11 is 0. The number of hydrogen-bond donors (Lipinski definition) is 1. The zero-order valence-corrected chi connectivity index (χ0v) is 6.52. The first-order valence-corrected chi connectivity index (χ1v) is 3.45. The molecule has 1 aliphatic rings. The third-order valence-electron chi connectivity index (χ3n) is 1.45.